The fourth-order valence-corrected chi connectivity index (χ4v) is 7.60. The summed E-state index contributed by atoms with van der Waals surface area (Å²) in [6, 6.07) is 26.4. The highest BCUT2D eigenvalue weighted by molar-refractivity contribution is 6.32. The van der Waals surface area contributed by atoms with E-state index < -0.39 is 0 Å². The molecule has 0 saturated carbocycles. The van der Waals surface area contributed by atoms with Crippen molar-refractivity contribution in [2.75, 3.05) is 19.0 Å². The van der Waals surface area contributed by atoms with Crippen molar-refractivity contribution in [3.63, 3.8) is 0 Å². The van der Waals surface area contributed by atoms with Crippen LogP contribution >= 0.6 is 11.6 Å². The van der Waals surface area contributed by atoms with E-state index in [4.69, 9.17) is 11.6 Å². The summed E-state index contributed by atoms with van der Waals surface area (Å²) in [5.74, 6) is 0.419. The summed E-state index contributed by atoms with van der Waals surface area (Å²) in [6.45, 7) is 11.4. The zero-order valence-electron chi connectivity index (χ0n) is 27.2. The van der Waals surface area contributed by atoms with Crippen LogP contribution in [-0.2, 0) is 5.41 Å². The van der Waals surface area contributed by atoms with Gasteiger partial charge >= 0.3 is 0 Å². The molecule has 0 spiro atoms. The van der Waals surface area contributed by atoms with Gasteiger partial charge in [0.25, 0.3) is 0 Å². The van der Waals surface area contributed by atoms with E-state index in [1.165, 1.54) is 66.6 Å². The van der Waals surface area contributed by atoms with Gasteiger partial charge in [0.1, 0.15) is 7.05 Å². The third kappa shape index (κ3) is 5.24. The Balaban J connectivity index is 1.29. The number of rotatable bonds is 6. The first-order valence-corrected chi connectivity index (χ1v) is 16.3. The monoisotopic (exact) mass is 599 g/mol. The molecule has 1 aliphatic heterocycles. The van der Waals surface area contributed by atoms with Crippen molar-refractivity contribution >= 4 is 50.2 Å². The molecule has 224 valence electrons. The average molecular weight is 600 g/mol. The van der Waals surface area contributed by atoms with Crippen LogP contribution in [0, 0.1) is 0 Å². The highest BCUT2D eigenvalue weighted by Gasteiger charge is 2.44. The minimum absolute atomic E-state index is 0.107. The first-order valence-electron chi connectivity index (χ1n) is 15.9. The van der Waals surface area contributed by atoms with Crippen LogP contribution in [0.5, 0.6) is 0 Å². The molecule has 0 fully saturated rings. The predicted molar refractivity (Wildman–Crippen MR) is 192 cm³/mol. The molecule has 0 saturated heterocycles. The van der Waals surface area contributed by atoms with Crippen LogP contribution in [0.25, 0.3) is 21.5 Å². The molecule has 0 bridgehead atoms. The van der Waals surface area contributed by atoms with Gasteiger partial charge in [-0.25, -0.2) is 0 Å². The lowest BCUT2D eigenvalue weighted by atomic mass is 9.79. The van der Waals surface area contributed by atoms with E-state index in [1.807, 2.05) is 0 Å². The standard InChI is InChI=1S/C41H44ClN2/c1-27(2)38-33-17-10-8-13-29(33)21-24-35(38)43(6)28(3)19-20-31-15-12-16-32(40(31)42)23-26-37-41(4,5)39-34-18-11-9-14-30(34)22-25-36(39)44(37)7/h8-11,13-14,17-27H,12,15-16H2,1-7H3/q+1. The van der Waals surface area contributed by atoms with Crippen molar-refractivity contribution < 1.29 is 4.58 Å². The molecule has 1 aliphatic carbocycles. The van der Waals surface area contributed by atoms with Gasteiger partial charge in [0.05, 0.1) is 5.41 Å². The van der Waals surface area contributed by atoms with Crippen molar-refractivity contribution in [3.8, 4) is 0 Å². The first-order chi connectivity index (χ1) is 21.1. The molecule has 0 radical (unpaired) electrons. The van der Waals surface area contributed by atoms with Crippen molar-refractivity contribution in [1.29, 1.82) is 0 Å². The number of benzene rings is 4. The van der Waals surface area contributed by atoms with Gasteiger partial charge in [-0.1, -0.05) is 92.2 Å². The molecule has 0 atom stereocenters. The highest BCUT2D eigenvalue weighted by atomic mass is 35.5. The molecule has 4 aromatic carbocycles. The van der Waals surface area contributed by atoms with Gasteiger partial charge in [-0.05, 0) is 102 Å². The molecule has 2 nitrogen and oxygen atoms in total. The fourth-order valence-electron chi connectivity index (χ4n) is 7.29. The molecule has 6 rings (SSSR count). The Morgan fingerprint density at radius 2 is 1.55 bits per heavy atom. The lowest BCUT2D eigenvalue weighted by molar-refractivity contribution is -0.401. The second-order valence-electron chi connectivity index (χ2n) is 13.2. The van der Waals surface area contributed by atoms with Crippen LogP contribution in [0.2, 0.25) is 0 Å². The summed E-state index contributed by atoms with van der Waals surface area (Å²) < 4.78 is 2.35. The van der Waals surface area contributed by atoms with Crippen LogP contribution in [0.4, 0.5) is 11.4 Å². The Kier molecular flexibility index (Phi) is 8.16. The number of anilines is 1. The molecule has 3 heteroatoms. The van der Waals surface area contributed by atoms with Gasteiger partial charge in [0.15, 0.2) is 5.71 Å². The Labute approximate surface area is 268 Å². The maximum Gasteiger partial charge on any atom is 0.210 e. The van der Waals surface area contributed by atoms with Gasteiger partial charge in [0, 0.05) is 41.2 Å². The van der Waals surface area contributed by atoms with Gasteiger partial charge in [-0.3, -0.25) is 0 Å². The Bertz CT molecular complexity index is 1930. The Morgan fingerprint density at radius 3 is 2.27 bits per heavy atom. The fraction of sp³-hybridized carbons (Fsp3) is 0.293. The number of allylic oxidation sites excluding steroid dienone is 8. The minimum Gasteiger partial charge on any atom is -0.348 e. The molecule has 0 N–H and O–H groups in total. The largest absolute Gasteiger partial charge is 0.348 e. The van der Waals surface area contributed by atoms with Gasteiger partial charge < -0.3 is 4.90 Å². The van der Waals surface area contributed by atoms with Crippen LogP contribution in [-0.4, -0.2) is 24.4 Å². The third-order valence-electron chi connectivity index (χ3n) is 9.73. The zero-order valence-corrected chi connectivity index (χ0v) is 28.0. The second-order valence-corrected chi connectivity index (χ2v) is 13.6. The number of fused-ring (bicyclic) bond motifs is 4. The van der Waals surface area contributed by atoms with E-state index >= 15 is 0 Å². The minimum atomic E-state index is -0.107. The van der Waals surface area contributed by atoms with Crippen LogP contribution in [0.1, 0.15) is 70.9 Å². The van der Waals surface area contributed by atoms with Crippen LogP contribution < -0.4 is 4.90 Å². The van der Waals surface area contributed by atoms with E-state index in [-0.39, 0.29) is 5.41 Å². The summed E-state index contributed by atoms with van der Waals surface area (Å²) in [4.78, 5) is 2.32. The number of halogens is 1. The quantitative estimate of drug-likeness (QED) is 0.200. The number of nitrogens with zero attached hydrogens (tertiary/aromatic N) is 2. The third-order valence-corrected chi connectivity index (χ3v) is 10.2. The van der Waals surface area contributed by atoms with E-state index in [1.54, 1.807) is 0 Å². The average Bonchev–Trinajstić information content (AvgIpc) is 3.22. The molecule has 4 aromatic rings. The van der Waals surface area contributed by atoms with Crippen molar-refractivity contribution in [3.05, 3.63) is 130 Å². The second kappa shape index (κ2) is 11.9. The predicted octanol–water partition coefficient (Wildman–Crippen LogP) is 11.3. The summed E-state index contributed by atoms with van der Waals surface area (Å²) >= 11 is 7.12. The van der Waals surface area contributed by atoms with Gasteiger partial charge in [-0.15, -0.1) is 0 Å². The number of hydrogen-bond acceptors (Lipinski definition) is 1. The van der Waals surface area contributed by atoms with Crippen molar-refractivity contribution in [2.24, 2.45) is 0 Å². The van der Waals surface area contributed by atoms with E-state index in [0.29, 0.717) is 5.92 Å². The molecule has 0 amide bonds. The molecule has 0 unspecified atom stereocenters. The lowest BCUT2D eigenvalue weighted by Crippen LogP contribution is -2.27. The molecule has 1 heterocycles. The first kappa shape index (κ1) is 30.2. The number of hydrogen-bond donors (Lipinski definition) is 0. The maximum absolute atomic E-state index is 7.12. The van der Waals surface area contributed by atoms with E-state index in [2.05, 4.69) is 155 Å². The van der Waals surface area contributed by atoms with Crippen LogP contribution in [0.15, 0.2) is 119 Å². The molecular formula is C41H44ClN2+. The molecule has 2 aliphatic rings. The maximum atomic E-state index is 7.12. The molecule has 44 heavy (non-hydrogen) atoms. The summed E-state index contributed by atoms with van der Waals surface area (Å²) in [6.07, 6.45) is 12.1. The highest BCUT2D eigenvalue weighted by Crippen LogP contribution is 2.44. The van der Waals surface area contributed by atoms with Crippen molar-refractivity contribution in [1.82, 2.24) is 0 Å². The summed E-state index contributed by atoms with van der Waals surface area (Å²) in [5, 5.41) is 6.15. The van der Waals surface area contributed by atoms with Crippen LogP contribution in [0.3, 0.4) is 0 Å². The smallest absolute Gasteiger partial charge is 0.210 e. The molecule has 0 aromatic heterocycles. The summed E-state index contributed by atoms with van der Waals surface area (Å²) in [5.41, 5.74) is 10.2. The molecular weight excluding hydrogens is 556 g/mol. The zero-order chi connectivity index (χ0) is 31.2. The Hall–Kier alpha value is -3.88. The topological polar surface area (TPSA) is 6.25 Å². The van der Waals surface area contributed by atoms with E-state index in [0.717, 1.165) is 24.3 Å². The lowest BCUT2D eigenvalue weighted by Gasteiger charge is -2.26. The normalized spacial score (nSPS) is 18.0. The summed E-state index contributed by atoms with van der Waals surface area (Å²) in [7, 11) is 4.36. The van der Waals surface area contributed by atoms with Gasteiger partial charge in [-0.2, -0.15) is 4.58 Å². The van der Waals surface area contributed by atoms with Gasteiger partial charge in [0.2, 0.25) is 5.69 Å². The van der Waals surface area contributed by atoms with Crippen molar-refractivity contribution in [2.45, 2.75) is 65.2 Å². The SMILES string of the molecule is C/C(=C\C=C1/CCCC(/C=C/C2=[N+](C)c3ccc4ccccc4c3C2(C)C)=C1Cl)N(C)c1ccc2ccccc2c1C(C)C. The Morgan fingerprint density at radius 1 is 0.886 bits per heavy atom. The van der Waals surface area contributed by atoms with E-state index in [9.17, 15) is 0 Å².